The van der Waals surface area contributed by atoms with E-state index in [1.807, 2.05) is 13.8 Å². The van der Waals surface area contributed by atoms with E-state index >= 15 is 0 Å². The van der Waals surface area contributed by atoms with Crippen LogP contribution in [0.3, 0.4) is 0 Å². The largest absolute Gasteiger partial charge is 0.416 e. The molecule has 1 saturated heterocycles. The number of aromatic nitrogens is 4. The normalized spacial score (nSPS) is 17.8. The standard InChI is InChI=1S/C16H20F3N5O/c1-11(2)14(23-6-8-25-9-7-23)15-20-21-22-24(15)13-5-3-4-12(10-13)16(17,18)19/h3-5,10-11,14H,6-9H2,1-2H3. The van der Waals surface area contributed by atoms with Gasteiger partial charge in [-0.3, -0.25) is 4.90 Å². The molecular formula is C16H20F3N5O. The average molecular weight is 355 g/mol. The summed E-state index contributed by atoms with van der Waals surface area (Å²) in [7, 11) is 0. The number of hydrogen-bond donors (Lipinski definition) is 0. The van der Waals surface area contributed by atoms with Gasteiger partial charge in [-0.2, -0.15) is 17.9 Å². The quantitative estimate of drug-likeness (QED) is 0.844. The van der Waals surface area contributed by atoms with Crippen LogP contribution in [0.1, 0.15) is 31.3 Å². The minimum atomic E-state index is -4.41. The van der Waals surface area contributed by atoms with E-state index < -0.39 is 11.7 Å². The number of rotatable bonds is 4. The number of morpholine rings is 1. The molecule has 0 bridgehead atoms. The number of benzene rings is 1. The maximum Gasteiger partial charge on any atom is 0.416 e. The molecule has 0 saturated carbocycles. The van der Waals surface area contributed by atoms with Crippen LogP contribution in [0.4, 0.5) is 13.2 Å². The van der Waals surface area contributed by atoms with Crippen LogP contribution >= 0.6 is 0 Å². The summed E-state index contributed by atoms with van der Waals surface area (Å²) in [5.74, 6) is 0.727. The molecule has 1 aromatic carbocycles. The smallest absolute Gasteiger partial charge is 0.379 e. The molecule has 0 spiro atoms. The summed E-state index contributed by atoms with van der Waals surface area (Å²) in [5.41, 5.74) is -0.423. The van der Waals surface area contributed by atoms with Gasteiger partial charge < -0.3 is 4.74 Å². The molecule has 2 heterocycles. The predicted molar refractivity (Wildman–Crippen MR) is 84.1 cm³/mol. The summed E-state index contributed by atoms with van der Waals surface area (Å²) in [6.07, 6.45) is -4.41. The highest BCUT2D eigenvalue weighted by molar-refractivity contribution is 5.37. The highest BCUT2D eigenvalue weighted by Crippen LogP contribution is 2.32. The van der Waals surface area contributed by atoms with Gasteiger partial charge in [-0.05, 0) is 34.5 Å². The SMILES string of the molecule is CC(C)C(c1nnnn1-c1cccc(C(F)(F)F)c1)N1CCOCC1. The molecule has 3 rings (SSSR count). The van der Waals surface area contributed by atoms with Gasteiger partial charge in [-0.1, -0.05) is 19.9 Å². The van der Waals surface area contributed by atoms with Crippen LogP contribution < -0.4 is 0 Å². The molecule has 136 valence electrons. The molecule has 1 aromatic heterocycles. The van der Waals surface area contributed by atoms with Crippen molar-refractivity contribution in [1.82, 2.24) is 25.1 Å². The van der Waals surface area contributed by atoms with Crippen molar-refractivity contribution in [3.8, 4) is 5.69 Å². The zero-order chi connectivity index (χ0) is 18.0. The van der Waals surface area contributed by atoms with Gasteiger partial charge in [-0.25, -0.2) is 0 Å². The zero-order valence-electron chi connectivity index (χ0n) is 14.1. The van der Waals surface area contributed by atoms with Crippen molar-refractivity contribution in [2.24, 2.45) is 5.92 Å². The molecule has 6 nitrogen and oxygen atoms in total. The number of hydrogen-bond acceptors (Lipinski definition) is 5. The molecule has 1 aliphatic rings. The second kappa shape index (κ2) is 7.09. The first-order chi connectivity index (χ1) is 11.9. The van der Waals surface area contributed by atoms with Crippen LogP contribution in [0, 0.1) is 5.92 Å². The van der Waals surface area contributed by atoms with Crippen LogP contribution in [0.5, 0.6) is 0 Å². The molecular weight excluding hydrogens is 335 g/mol. The Morgan fingerprint density at radius 3 is 2.52 bits per heavy atom. The lowest BCUT2D eigenvalue weighted by Gasteiger charge is -2.35. The van der Waals surface area contributed by atoms with Crippen LogP contribution in [-0.4, -0.2) is 51.4 Å². The van der Waals surface area contributed by atoms with Crippen molar-refractivity contribution in [1.29, 1.82) is 0 Å². The van der Waals surface area contributed by atoms with Gasteiger partial charge >= 0.3 is 6.18 Å². The third-order valence-corrected chi connectivity index (χ3v) is 4.25. The van der Waals surface area contributed by atoms with Crippen LogP contribution in [-0.2, 0) is 10.9 Å². The van der Waals surface area contributed by atoms with E-state index in [4.69, 9.17) is 4.74 Å². The van der Waals surface area contributed by atoms with E-state index in [1.54, 1.807) is 6.07 Å². The topological polar surface area (TPSA) is 56.1 Å². The molecule has 1 aliphatic heterocycles. The Balaban J connectivity index is 1.99. The highest BCUT2D eigenvalue weighted by Gasteiger charge is 2.33. The third-order valence-electron chi connectivity index (χ3n) is 4.25. The van der Waals surface area contributed by atoms with Crippen LogP contribution in [0.25, 0.3) is 5.69 Å². The van der Waals surface area contributed by atoms with Crippen LogP contribution in [0.15, 0.2) is 24.3 Å². The molecule has 1 fully saturated rings. The molecule has 0 N–H and O–H groups in total. The highest BCUT2D eigenvalue weighted by atomic mass is 19.4. The minimum absolute atomic E-state index is 0.103. The van der Waals surface area contributed by atoms with E-state index in [1.165, 1.54) is 10.7 Å². The maximum atomic E-state index is 13.0. The van der Waals surface area contributed by atoms with Gasteiger partial charge in [0.15, 0.2) is 5.82 Å². The molecule has 1 unspecified atom stereocenters. The molecule has 0 radical (unpaired) electrons. The van der Waals surface area contributed by atoms with Gasteiger partial charge in [0.25, 0.3) is 0 Å². The summed E-state index contributed by atoms with van der Waals surface area (Å²) < 4.78 is 45.8. The lowest BCUT2D eigenvalue weighted by Crippen LogP contribution is -2.42. The Bertz CT molecular complexity index is 710. The molecule has 9 heteroatoms. The third kappa shape index (κ3) is 3.82. The molecule has 1 atom stereocenters. The zero-order valence-corrected chi connectivity index (χ0v) is 14.1. The van der Waals surface area contributed by atoms with Gasteiger partial charge in [0, 0.05) is 13.1 Å². The number of nitrogens with zero attached hydrogens (tertiary/aromatic N) is 5. The lowest BCUT2D eigenvalue weighted by molar-refractivity contribution is -0.137. The lowest BCUT2D eigenvalue weighted by atomic mass is 10.0. The van der Waals surface area contributed by atoms with Crippen LogP contribution in [0.2, 0.25) is 0 Å². The van der Waals surface area contributed by atoms with E-state index in [9.17, 15) is 13.2 Å². The number of halogens is 3. The van der Waals surface area contributed by atoms with Gasteiger partial charge in [0.2, 0.25) is 0 Å². The monoisotopic (exact) mass is 355 g/mol. The molecule has 25 heavy (non-hydrogen) atoms. The fourth-order valence-corrected chi connectivity index (χ4v) is 3.12. The Morgan fingerprint density at radius 1 is 1.16 bits per heavy atom. The minimum Gasteiger partial charge on any atom is -0.379 e. The fraction of sp³-hybridized carbons (Fsp3) is 0.562. The molecule has 0 amide bonds. The molecule has 2 aromatic rings. The predicted octanol–water partition coefficient (Wildman–Crippen LogP) is 2.71. The van der Waals surface area contributed by atoms with Crippen molar-refractivity contribution < 1.29 is 17.9 Å². The summed E-state index contributed by atoms with van der Waals surface area (Å²) >= 11 is 0. The fourth-order valence-electron chi connectivity index (χ4n) is 3.12. The van der Waals surface area contributed by atoms with Crippen molar-refractivity contribution in [3.63, 3.8) is 0 Å². The summed E-state index contributed by atoms with van der Waals surface area (Å²) in [4.78, 5) is 2.21. The van der Waals surface area contributed by atoms with Crippen molar-refractivity contribution in [2.75, 3.05) is 26.3 Å². The second-order valence-corrected chi connectivity index (χ2v) is 6.33. The van der Waals surface area contributed by atoms with Crippen molar-refractivity contribution in [3.05, 3.63) is 35.7 Å². The first-order valence-corrected chi connectivity index (χ1v) is 8.15. The van der Waals surface area contributed by atoms with E-state index in [2.05, 4.69) is 20.4 Å². The molecule has 0 aliphatic carbocycles. The Labute approximate surface area is 143 Å². The van der Waals surface area contributed by atoms with E-state index in [0.29, 0.717) is 24.7 Å². The van der Waals surface area contributed by atoms with Gasteiger partial charge in [-0.15, -0.1) is 5.10 Å². The first-order valence-electron chi connectivity index (χ1n) is 8.15. The first kappa shape index (κ1) is 17.8. The maximum absolute atomic E-state index is 13.0. The Hall–Kier alpha value is -2.00. The Morgan fingerprint density at radius 2 is 1.88 bits per heavy atom. The van der Waals surface area contributed by atoms with Crippen molar-refractivity contribution >= 4 is 0 Å². The second-order valence-electron chi connectivity index (χ2n) is 6.33. The average Bonchev–Trinajstić information content (AvgIpc) is 3.04. The number of alkyl halides is 3. The van der Waals surface area contributed by atoms with Gasteiger partial charge in [0.05, 0.1) is 30.5 Å². The number of tetrazole rings is 1. The number of ether oxygens (including phenoxy) is 1. The van der Waals surface area contributed by atoms with Crippen molar-refractivity contribution in [2.45, 2.75) is 26.1 Å². The summed E-state index contributed by atoms with van der Waals surface area (Å²) in [6, 6.07) is 4.94. The van der Waals surface area contributed by atoms with Gasteiger partial charge in [0.1, 0.15) is 0 Å². The Kier molecular flexibility index (Phi) is 5.05. The summed E-state index contributed by atoms with van der Waals surface area (Å²) in [5, 5.41) is 11.8. The van der Waals surface area contributed by atoms with E-state index in [-0.39, 0.29) is 12.0 Å². The van der Waals surface area contributed by atoms with E-state index in [0.717, 1.165) is 25.2 Å². The summed E-state index contributed by atoms with van der Waals surface area (Å²) in [6.45, 7) is 6.80.